The molecule has 0 aromatic heterocycles. The summed E-state index contributed by atoms with van der Waals surface area (Å²) >= 11 is 0. The van der Waals surface area contributed by atoms with E-state index in [-0.39, 0.29) is 5.91 Å². The van der Waals surface area contributed by atoms with Crippen LogP contribution in [0.5, 0.6) is 5.75 Å². The lowest BCUT2D eigenvalue weighted by Crippen LogP contribution is -2.20. The first-order valence-corrected chi connectivity index (χ1v) is 7.24. The Morgan fingerprint density at radius 1 is 1.09 bits per heavy atom. The van der Waals surface area contributed by atoms with Crippen LogP contribution in [0.1, 0.15) is 24.5 Å². The minimum absolute atomic E-state index is 0.0262. The van der Waals surface area contributed by atoms with Gasteiger partial charge in [0.05, 0.1) is 0 Å². The van der Waals surface area contributed by atoms with E-state index in [9.17, 15) is 4.79 Å². The van der Waals surface area contributed by atoms with Crippen molar-refractivity contribution in [2.45, 2.75) is 20.0 Å². The summed E-state index contributed by atoms with van der Waals surface area (Å²) in [5, 5.41) is 2.71. The first-order chi connectivity index (χ1) is 10.7. The summed E-state index contributed by atoms with van der Waals surface area (Å²) in [6, 6.07) is 17.8. The van der Waals surface area contributed by atoms with E-state index in [0.717, 1.165) is 16.9 Å². The SMILES string of the molecule is CC(=O)NCCC#Cc1ccc(OCc2ccccc2)cc1. The van der Waals surface area contributed by atoms with Crippen molar-refractivity contribution in [1.82, 2.24) is 5.32 Å². The second-order valence-corrected chi connectivity index (χ2v) is 4.83. The van der Waals surface area contributed by atoms with Crippen LogP contribution < -0.4 is 10.1 Å². The van der Waals surface area contributed by atoms with E-state index in [1.165, 1.54) is 6.92 Å². The monoisotopic (exact) mass is 293 g/mol. The molecule has 0 aliphatic heterocycles. The average Bonchev–Trinajstić information content (AvgIpc) is 2.54. The maximum Gasteiger partial charge on any atom is 0.216 e. The molecule has 0 atom stereocenters. The fourth-order valence-electron chi connectivity index (χ4n) is 1.84. The zero-order chi connectivity index (χ0) is 15.6. The fourth-order valence-corrected chi connectivity index (χ4v) is 1.84. The number of hydrogen-bond acceptors (Lipinski definition) is 2. The molecule has 0 bridgehead atoms. The molecule has 0 spiro atoms. The molecule has 2 rings (SSSR count). The Hall–Kier alpha value is -2.73. The molecule has 0 fully saturated rings. The highest BCUT2D eigenvalue weighted by Gasteiger charge is 1.95. The topological polar surface area (TPSA) is 38.3 Å². The van der Waals surface area contributed by atoms with Gasteiger partial charge in [-0.3, -0.25) is 4.79 Å². The molecule has 0 aliphatic carbocycles. The summed E-state index contributed by atoms with van der Waals surface area (Å²) in [4.78, 5) is 10.7. The minimum Gasteiger partial charge on any atom is -0.489 e. The molecule has 3 heteroatoms. The lowest BCUT2D eigenvalue weighted by atomic mass is 10.2. The third-order valence-corrected chi connectivity index (χ3v) is 2.96. The molecule has 2 aromatic rings. The third kappa shape index (κ3) is 5.72. The Balaban J connectivity index is 1.80. The zero-order valence-electron chi connectivity index (χ0n) is 12.6. The van der Waals surface area contributed by atoms with Crippen molar-refractivity contribution in [2.75, 3.05) is 6.54 Å². The predicted octanol–water partition coefficient (Wildman–Crippen LogP) is 3.14. The van der Waals surface area contributed by atoms with Gasteiger partial charge in [-0.15, -0.1) is 0 Å². The standard InChI is InChI=1S/C19H19NO2/c1-16(21)20-14-6-5-7-17-10-12-19(13-11-17)22-15-18-8-3-2-4-9-18/h2-4,8-13H,6,14-15H2,1H3,(H,20,21). The van der Waals surface area contributed by atoms with Gasteiger partial charge in [-0.05, 0) is 29.8 Å². The van der Waals surface area contributed by atoms with E-state index in [4.69, 9.17) is 4.74 Å². The van der Waals surface area contributed by atoms with E-state index in [2.05, 4.69) is 17.2 Å². The summed E-state index contributed by atoms with van der Waals surface area (Å²) in [6.07, 6.45) is 0.645. The average molecular weight is 293 g/mol. The van der Waals surface area contributed by atoms with Crippen molar-refractivity contribution in [3.63, 3.8) is 0 Å². The van der Waals surface area contributed by atoms with E-state index in [0.29, 0.717) is 19.6 Å². The van der Waals surface area contributed by atoms with E-state index in [1.54, 1.807) is 0 Å². The fraction of sp³-hybridized carbons (Fsp3) is 0.211. The van der Waals surface area contributed by atoms with Gasteiger partial charge >= 0.3 is 0 Å². The molecule has 1 N–H and O–H groups in total. The van der Waals surface area contributed by atoms with Crippen LogP contribution in [0.15, 0.2) is 54.6 Å². The van der Waals surface area contributed by atoms with Crippen molar-refractivity contribution in [3.8, 4) is 17.6 Å². The normalized spacial score (nSPS) is 9.50. The molecule has 0 unspecified atom stereocenters. The number of hydrogen-bond donors (Lipinski definition) is 1. The Kier molecular flexibility index (Phi) is 6.07. The van der Waals surface area contributed by atoms with Crippen LogP contribution in [0.4, 0.5) is 0 Å². The Labute approximate surface area is 131 Å². The van der Waals surface area contributed by atoms with Gasteiger partial charge in [-0.25, -0.2) is 0 Å². The number of carbonyl (C=O) groups is 1. The minimum atomic E-state index is -0.0262. The smallest absolute Gasteiger partial charge is 0.216 e. The van der Waals surface area contributed by atoms with Crippen LogP contribution in [-0.2, 0) is 11.4 Å². The Morgan fingerprint density at radius 2 is 1.82 bits per heavy atom. The van der Waals surface area contributed by atoms with Crippen molar-refractivity contribution < 1.29 is 9.53 Å². The summed E-state index contributed by atoms with van der Waals surface area (Å²) < 4.78 is 5.72. The van der Waals surface area contributed by atoms with Crippen LogP contribution in [0.3, 0.4) is 0 Å². The van der Waals surface area contributed by atoms with Gasteiger partial charge in [0.2, 0.25) is 5.91 Å². The molecule has 1 amide bonds. The summed E-state index contributed by atoms with van der Waals surface area (Å²) in [5.41, 5.74) is 2.08. The van der Waals surface area contributed by atoms with Gasteiger partial charge in [-0.1, -0.05) is 42.2 Å². The maximum absolute atomic E-state index is 10.7. The highest BCUT2D eigenvalue weighted by Crippen LogP contribution is 2.13. The van der Waals surface area contributed by atoms with E-state index >= 15 is 0 Å². The highest BCUT2D eigenvalue weighted by atomic mass is 16.5. The molecular weight excluding hydrogens is 274 g/mol. The number of carbonyl (C=O) groups excluding carboxylic acids is 1. The molecule has 112 valence electrons. The summed E-state index contributed by atoms with van der Waals surface area (Å²) in [6.45, 7) is 2.64. The molecule has 22 heavy (non-hydrogen) atoms. The lowest BCUT2D eigenvalue weighted by Gasteiger charge is -2.05. The predicted molar refractivity (Wildman–Crippen MR) is 87.4 cm³/mol. The van der Waals surface area contributed by atoms with Crippen molar-refractivity contribution in [1.29, 1.82) is 0 Å². The van der Waals surface area contributed by atoms with Crippen molar-refractivity contribution >= 4 is 5.91 Å². The molecule has 3 nitrogen and oxygen atoms in total. The maximum atomic E-state index is 10.7. The Bertz CT molecular complexity index is 651. The number of rotatable bonds is 5. The van der Waals surface area contributed by atoms with Crippen LogP contribution in [0.25, 0.3) is 0 Å². The summed E-state index contributed by atoms with van der Waals surface area (Å²) in [5.74, 6) is 6.89. The number of amides is 1. The van der Waals surface area contributed by atoms with Crippen LogP contribution in [0, 0.1) is 11.8 Å². The van der Waals surface area contributed by atoms with E-state index in [1.807, 2.05) is 54.6 Å². The van der Waals surface area contributed by atoms with Crippen molar-refractivity contribution in [2.24, 2.45) is 0 Å². The zero-order valence-corrected chi connectivity index (χ0v) is 12.6. The molecule has 0 radical (unpaired) electrons. The quantitative estimate of drug-likeness (QED) is 0.679. The molecular formula is C19H19NO2. The van der Waals surface area contributed by atoms with Crippen LogP contribution in [0.2, 0.25) is 0 Å². The first-order valence-electron chi connectivity index (χ1n) is 7.24. The second kappa shape index (κ2) is 8.53. The third-order valence-electron chi connectivity index (χ3n) is 2.96. The lowest BCUT2D eigenvalue weighted by molar-refractivity contribution is -0.118. The van der Waals surface area contributed by atoms with Gasteiger partial charge in [0, 0.05) is 25.5 Å². The van der Waals surface area contributed by atoms with Gasteiger partial charge in [0.1, 0.15) is 12.4 Å². The molecule has 0 aliphatic rings. The first kappa shape index (κ1) is 15.7. The van der Waals surface area contributed by atoms with Gasteiger partial charge < -0.3 is 10.1 Å². The molecule has 0 heterocycles. The van der Waals surface area contributed by atoms with Gasteiger partial charge in [0.25, 0.3) is 0 Å². The van der Waals surface area contributed by atoms with Gasteiger partial charge in [0.15, 0.2) is 0 Å². The number of nitrogens with one attached hydrogen (secondary N) is 1. The number of ether oxygens (including phenoxy) is 1. The number of benzene rings is 2. The Morgan fingerprint density at radius 3 is 2.50 bits per heavy atom. The second-order valence-electron chi connectivity index (χ2n) is 4.83. The van der Waals surface area contributed by atoms with Gasteiger partial charge in [-0.2, -0.15) is 0 Å². The summed E-state index contributed by atoms with van der Waals surface area (Å²) in [7, 11) is 0. The van der Waals surface area contributed by atoms with E-state index < -0.39 is 0 Å². The molecule has 2 aromatic carbocycles. The largest absolute Gasteiger partial charge is 0.489 e. The highest BCUT2D eigenvalue weighted by molar-refractivity contribution is 5.72. The molecule has 0 saturated heterocycles. The van der Waals surface area contributed by atoms with Crippen LogP contribution in [-0.4, -0.2) is 12.5 Å². The van der Waals surface area contributed by atoms with Crippen LogP contribution >= 0.6 is 0 Å². The van der Waals surface area contributed by atoms with Crippen molar-refractivity contribution in [3.05, 3.63) is 65.7 Å². The molecule has 0 saturated carbocycles.